The number of fused-ring (bicyclic) bond motifs is 2. The summed E-state index contributed by atoms with van der Waals surface area (Å²) in [4.78, 5) is 7.79. The van der Waals surface area contributed by atoms with E-state index < -0.39 is 0 Å². The maximum absolute atomic E-state index is 9.87. The van der Waals surface area contributed by atoms with Crippen LogP contribution in [0.25, 0.3) is 33.5 Å². The summed E-state index contributed by atoms with van der Waals surface area (Å²) in [5.74, 6) is 1.80. The van der Waals surface area contributed by atoms with E-state index in [4.69, 9.17) is 9.47 Å². The molecule has 5 nitrogen and oxygen atoms in total. The van der Waals surface area contributed by atoms with Crippen molar-refractivity contribution < 1.29 is 9.47 Å². The normalized spacial score (nSPS) is 11.4. The SMILES string of the molecule is C=CCc1cc(/C=C(\C#N)c2nc3ccccc3[nH]2)cc(OC)c1OCc1cccc2ccccc12. The molecule has 0 saturated heterocycles. The minimum Gasteiger partial charge on any atom is -0.493 e. The van der Waals surface area contributed by atoms with Crippen LogP contribution in [0.1, 0.15) is 22.5 Å². The molecule has 0 aliphatic rings. The highest BCUT2D eigenvalue weighted by molar-refractivity contribution is 5.90. The third kappa shape index (κ3) is 4.57. The van der Waals surface area contributed by atoms with Crippen molar-refractivity contribution in [2.75, 3.05) is 7.11 Å². The van der Waals surface area contributed by atoms with Crippen molar-refractivity contribution in [1.29, 1.82) is 5.26 Å². The lowest BCUT2D eigenvalue weighted by Gasteiger charge is -2.17. The van der Waals surface area contributed by atoms with Crippen LogP contribution in [0.2, 0.25) is 0 Å². The summed E-state index contributed by atoms with van der Waals surface area (Å²) < 4.78 is 12.1. The lowest BCUT2D eigenvalue weighted by Crippen LogP contribution is -2.02. The first-order valence-electron chi connectivity index (χ1n) is 11.7. The molecule has 1 N–H and O–H groups in total. The molecule has 0 spiro atoms. The molecule has 0 aliphatic carbocycles. The van der Waals surface area contributed by atoms with Crippen LogP contribution in [-0.2, 0) is 13.0 Å². The molecule has 0 saturated carbocycles. The van der Waals surface area contributed by atoms with E-state index in [-0.39, 0.29) is 0 Å². The Balaban J connectivity index is 1.50. The maximum Gasteiger partial charge on any atom is 0.165 e. The number of nitrogens with zero attached hydrogens (tertiary/aromatic N) is 2. The number of aromatic nitrogens is 2. The number of benzene rings is 4. The van der Waals surface area contributed by atoms with E-state index in [2.05, 4.69) is 46.9 Å². The zero-order valence-corrected chi connectivity index (χ0v) is 20.0. The molecule has 5 aromatic rings. The zero-order valence-electron chi connectivity index (χ0n) is 20.0. The number of imidazole rings is 1. The topological polar surface area (TPSA) is 70.9 Å². The summed E-state index contributed by atoms with van der Waals surface area (Å²) in [5.41, 5.74) is 4.98. The van der Waals surface area contributed by atoms with Crippen molar-refractivity contribution in [3.8, 4) is 17.6 Å². The molecule has 4 aromatic carbocycles. The van der Waals surface area contributed by atoms with Gasteiger partial charge in [-0.15, -0.1) is 6.58 Å². The number of allylic oxidation sites excluding steroid dienone is 2. The fourth-order valence-electron chi connectivity index (χ4n) is 4.36. The number of hydrogen-bond acceptors (Lipinski definition) is 4. The summed E-state index contributed by atoms with van der Waals surface area (Å²) in [7, 11) is 1.62. The van der Waals surface area contributed by atoms with Crippen molar-refractivity contribution in [3.05, 3.63) is 114 Å². The highest BCUT2D eigenvalue weighted by atomic mass is 16.5. The number of nitriles is 1. The van der Waals surface area contributed by atoms with Crippen LogP contribution in [0.3, 0.4) is 0 Å². The van der Waals surface area contributed by atoms with Gasteiger partial charge in [0.25, 0.3) is 0 Å². The third-order valence-corrected chi connectivity index (χ3v) is 6.07. The van der Waals surface area contributed by atoms with E-state index in [1.807, 2.05) is 60.7 Å². The molecular formula is C31H25N3O2. The Bertz CT molecular complexity index is 1600. The summed E-state index contributed by atoms with van der Waals surface area (Å²) >= 11 is 0. The van der Waals surface area contributed by atoms with Crippen LogP contribution in [0.15, 0.2) is 91.5 Å². The van der Waals surface area contributed by atoms with E-state index >= 15 is 0 Å². The van der Waals surface area contributed by atoms with Gasteiger partial charge in [-0.1, -0.05) is 60.7 Å². The Hall–Kier alpha value is -4.82. The van der Waals surface area contributed by atoms with Gasteiger partial charge in [0.15, 0.2) is 11.5 Å². The molecular weight excluding hydrogens is 446 g/mol. The highest BCUT2D eigenvalue weighted by Crippen LogP contribution is 2.36. The Morgan fingerprint density at radius 1 is 1.03 bits per heavy atom. The number of ether oxygens (including phenoxy) is 2. The molecule has 176 valence electrons. The minimum atomic E-state index is 0.402. The first-order chi connectivity index (χ1) is 17.7. The number of H-pyrrole nitrogens is 1. The Kier molecular flexibility index (Phi) is 6.51. The lowest BCUT2D eigenvalue weighted by molar-refractivity contribution is 0.283. The first-order valence-corrected chi connectivity index (χ1v) is 11.7. The largest absolute Gasteiger partial charge is 0.493 e. The smallest absolute Gasteiger partial charge is 0.165 e. The molecule has 0 unspecified atom stereocenters. The van der Waals surface area contributed by atoms with Crippen molar-refractivity contribution in [3.63, 3.8) is 0 Å². The van der Waals surface area contributed by atoms with Gasteiger partial charge in [0.2, 0.25) is 0 Å². The molecule has 1 heterocycles. The quantitative estimate of drug-likeness (QED) is 0.194. The Morgan fingerprint density at radius 3 is 2.64 bits per heavy atom. The average Bonchev–Trinajstić information content (AvgIpc) is 3.35. The van der Waals surface area contributed by atoms with Crippen LogP contribution in [0, 0.1) is 11.3 Å². The second kappa shape index (κ2) is 10.2. The summed E-state index contributed by atoms with van der Waals surface area (Å²) in [5, 5.41) is 12.2. The van der Waals surface area contributed by atoms with Gasteiger partial charge in [-0.3, -0.25) is 0 Å². The van der Waals surface area contributed by atoms with Gasteiger partial charge in [0.05, 0.1) is 23.7 Å². The lowest BCUT2D eigenvalue weighted by atomic mass is 10.0. The van der Waals surface area contributed by atoms with Crippen LogP contribution in [0.5, 0.6) is 11.5 Å². The van der Waals surface area contributed by atoms with E-state index in [0.29, 0.717) is 35.9 Å². The summed E-state index contributed by atoms with van der Waals surface area (Å²) in [6, 6.07) is 28.3. The van der Waals surface area contributed by atoms with Gasteiger partial charge < -0.3 is 14.5 Å². The number of nitrogens with one attached hydrogen (secondary N) is 1. The Labute approximate surface area is 209 Å². The predicted molar refractivity (Wildman–Crippen MR) is 145 cm³/mol. The first kappa shape index (κ1) is 22.9. The zero-order chi connectivity index (χ0) is 24.9. The molecule has 0 bridgehead atoms. The highest BCUT2D eigenvalue weighted by Gasteiger charge is 2.15. The number of hydrogen-bond donors (Lipinski definition) is 1. The molecule has 0 aliphatic heterocycles. The van der Waals surface area contributed by atoms with Crippen molar-refractivity contribution in [1.82, 2.24) is 9.97 Å². The fraction of sp³-hybridized carbons (Fsp3) is 0.0968. The van der Waals surface area contributed by atoms with E-state index in [1.54, 1.807) is 13.2 Å². The molecule has 36 heavy (non-hydrogen) atoms. The Morgan fingerprint density at radius 2 is 1.83 bits per heavy atom. The molecule has 0 amide bonds. The molecule has 0 atom stereocenters. The van der Waals surface area contributed by atoms with Gasteiger partial charge >= 0.3 is 0 Å². The number of methoxy groups -OCH3 is 1. The number of aromatic amines is 1. The van der Waals surface area contributed by atoms with E-state index in [1.165, 1.54) is 5.39 Å². The monoisotopic (exact) mass is 471 g/mol. The molecule has 5 rings (SSSR count). The van der Waals surface area contributed by atoms with Crippen LogP contribution >= 0.6 is 0 Å². The maximum atomic E-state index is 9.87. The van der Waals surface area contributed by atoms with Crippen molar-refractivity contribution in [2.45, 2.75) is 13.0 Å². The second-order valence-corrected chi connectivity index (χ2v) is 8.40. The van der Waals surface area contributed by atoms with Crippen molar-refractivity contribution in [2.24, 2.45) is 0 Å². The third-order valence-electron chi connectivity index (χ3n) is 6.07. The van der Waals surface area contributed by atoms with Gasteiger partial charge in [-0.05, 0) is 58.7 Å². The number of para-hydroxylation sites is 2. The van der Waals surface area contributed by atoms with Gasteiger partial charge in [-0.2, -0.15) is 5.26 Å². The van der Waals surface area contributed by atoms with Gasteiger partial charge in [0, 0.05) is 5.56 Å². The fourth-order valence-corrected chi connectivity index (χ4v) is 4.36. The van der Waals surface area contributed by atoms with E-state index in [0.717, 1.165) is 33.1 Å². The van der Waals surface area contributed by atoms with Crippen LogP contribution in [-0.4, -0.2) is 17.1 Å². The molecule has 5 heteroatoms. The van der Waals surface area contributed by atoms with E-state index in [9.17, 15) is 5.26 Å². The molecule has 1 aromatic heterocycles. The predicted octanol–water partition coefficient (Wildman–Crippen LogP) is 7.10. The van der Waals surface area contributed by atoms with Crippen LogP contribution in [0.4, 0.5) is 0 Å². The second-order valence-electron chi connectivity index (χ2n) is 8.40. The summed E-state index contributed by atoms with van der Waals surface area (Å²) in [6.07, 6.45) is 4.23. The summed E-state index contributed by atoms with van der Waals surface area (Å²) in [6.45, 7) is 4.31. The van der Waals surface area contributed by atoms with Crippen LogP contribution < -0.4 is 9.47 Å². The van der Waals surface area contributed by atoms with Gasteiger partial charge in [-0.25, -0.2) is 4.98 Å². The molecule has 0 fully saturated rings. The molecule has 0 radical (unpaired) electrons. The standard InChI is InChI=1S/C31H25N3O2/c1-3-9-23-16-21(17-25(19-32)31-33-27-14-6-7-15-28(27)34-31)18-29(35-2)30(23)36-20-24-12-8-11-22-10-4-5-13-26(22)24/h3-8,10-18H,1,9,20H2,2H3,(H,33,34)/b25-17+. The van der Waals surface area contributed by atoms with Gasteiger partial charge in [0.1, 0.15) is 18.5 Å². The average molecular weight is 472 g/mol. The number of rotatable bonds is 8. The van der Waals surface area contributed by atoms with Crippen molar-refractivity contribution >= 4 is 33.5 Å². The minimum absolute atomic E-state index is 0.402.